The van der Waals surface area contributed by atoms with E-state index in [1.165, 1.54) is 18.5 Å². The molecule has 0 aliphatic heterocycles. The van der Waals surface area contributed by atoms with Gasteiger partial charge in [0.25, 0.3) is 0 Å². The predicted octanol–water partition coefficient (Wildman–Crippen LogP) is 2.10. The van der Waals surface area contributed by atoms with Gasteiger partial charge in [0.05, 0.1) is 12.2 Å². The zero-order valence-corrected chi connectivity index (χ0v) is 11.3. The molecule has 0 bridgehead atoms. The van der Waals surface area contributed by atoms with Gasteiger partial charge in [-0.25, -0.2) is 9.98 Å². The second kappa shape index (κ2) is 6.00. The van der Waals surface area contributed by atoms with Crippen LogP contribution in [0.3, 0.4) is 0 Å². The minimum atomic E-state index is 0.673. The molecule has 1 aliphatic rings. The van der Waals surface area contributed by atoms with Crippen LogP contribution in [-0.4, -0.2) is 24.0 Å². The van der Waals surface area contributed by atoms with Crippen molar-refractivity contribution in [1.82, 2.24) is 15.6 Å². The lowest BCUT2D eigenvalue weighted by Gasteiger charge is -2.08. The topological polar surface area (TPSA) is 49.3 Å². The highest BCUT2D eigenvalue weighted by atomic mass is 32.1. The molecule has 94 valence electrons. The summed E-state index contributed by atoms with van der Waals surface area (Å²) in [5, 5.41) is 9.72. The summed E-state index contributed by atoms with van der Waals surface area (Å²) in [6, 6.07) is 0. The summed E-state index contributed by atoms with van der Waals surface area (Å²) in [7, 11) is 0. The van der Waals surface area contributed by atoms with Crippen LogP contribution in [0.2, 0.25) is 0 Å². The Morgan fingerprint density at radius 1 is 1.41 bits per heavy atom. The van der Waals surface area contributed by atoms with E-state index in [9.17, 15) is 0 Å². The maximum atomic E-state index is 4.62. The van der Waals surface area contributed by atoms with Crippen LogP contribution in [0.1, 0.15) is 43.3 Å². The van der Waals surface area contributed by atoms with Crippen LogP contribution in [-0.2, 0) is 6.54 Å². The minimum absolute atomic E-state index is 0.673. The minimum Gasteiger partial charge on any atom is -0.357 e. The predicted molar refractivity (Wildman–Crippen MR) is 72.6 cm³/mol. The highest BCUT2D eigenvalue weighted by molar-refractivity contribution is 7.09. The summed E-state index contributed by atoms with van der Waals surface area (Å²) in [5.41, 5.74) is 1.27. The van der Waals surface area contributed by atoms with Crippen molar-refractivity contribution in [1.29, 1.82) is 0 Å². The number of aliphatic imine (C=N–C) groups is 1. The molecule has 1 saturated carbocycles. The Hall–Kier alpha value is -1.10. The van der Waals surface area contributed by atoms with Gasteiger partial charge in [0.1, 0.15) is 5.01 Å². The molecule has 0 unspecified atom stereocenters. The van der Waals surface area contributed by atoms with Crippen LogP contribution in [0, 0.1) is 0 Å². The quantitative estimate of drug-likeness (QED) is 0.623. The summed E-state index contributed by atoms with van der Waals surface area (Å²) in [5.74, 6) is 1.61. The summed E-state index contributed by atoms with van der Waals surface area (Å²) in [6.07, 6.45) is 2.62. The third-order valence-corrected chi connectivity index (χ3v) is 3.48. The molecule has 1 aliphatic carbocycles. The van der Waals surface area contributed by atoms with Gasteiger partial charge in [-0.1, -0.05) is 0 Å². The van der Waals surface area contributed by atoms with Gasteiger partial charge in [0, 0.05) is 24.4 Å². The van der Waals surface area contributed by atoms with Crippen molar-refractivity contribution in [3.05, 3.63) is 16.1 Å². The van der Waals surface area contributed by atoms with Crippen LogP contribution >= 0.6 is 11.3 Å². The standard InChI is InChI=1S/C12H20N4S/c1-3-13-12(14-4-2)15-7-11-16-10(8-17-11)9-5-6-9/h8-9H,3-7H2,1-2H3,(H2,13,14,15). The van der Waals surface area contributed by atoms with Crippen molar-refractivity contribution in [2.75, 3.05) is 13.1 Å². The van der Waals surface area contributed by atoms with E-state index in [1.807, 2.05) is 0 Å². The Morgan fingerprint density at radius 2 is 2.12 bits per heavy atom. The lowest BCUT2D eigenvalue weighted by Crippen LogP contribution is -2.36. The molecule has 1 heterocycles. The number of aromatic nitrogens is 1. The highest BCUT2D eigenvalue weighted by Gasteiger charge is 2.25. The number of thiazole rings is 1. The number of nitrogens with one attached hydrogen (secondary N) is 2. The van der Waals surface area contributed by atoms with Crippen molar-refractivity contribution in [2.24, 2.45) is 4.99 Å². The molecule has 2 N–H and O–H groups in total. The monoisotopic (exact) mass is 252 g/mol. The molecule has 1 aromatic heterocycles. The molecule has 2 rings (SSSR count). The van der Waals surface area contributed by atoms with Crippen molar-refractivity contribution in [3.8, 4) is 0 Å². The average molecular weight is 252 g/mol. The Labute approximate surface area is 107 Å². The summed E-state index contributed by atoms with van der Waals surface area (Å²) in [6.45, 7) is 6.59. The van der Waals surface area contributed by atoms with Crippen molar-refractivity contribution in [2.45, 2.75) is 39.2 Å². The largest absolute Gasteiger partial charge is 0.357 e. The lowest BCUT2D eigenvalue weighted by atomic mass is 10.3. The van der Waals surface area contributed by atoms with Crippen LogP contribution < -0.4 is 10.6 Å². The molecular weight excluding hydrogens is 232 g/mol. The smallest absolute Gasteiger partial charge is 0.191 e. The van der Waals surface area contributed by atoms with Crippen LogP contribution in [0.4, 0.5) is 0 Å². The van der Waals surface area contributed by atoms with Gasteiger partial charge in [-0.05, 0) is 26.7 Å². The first-order valence-corrected chi connectivity index (χ1v) is 7.18. The molecule has 0 saturated heterocycles. The van der Waals surface area contributed by atoms with Crippen LogP contribution in [0.5, 0.6) is 0 Å². The van der Waals surface area contributed by atoms with Gasteiger partial charge in [0.2, 0.25) is 0 Å². The first-order valence-electron chi connectivity index (χ1n) is 6.30. The van der Waals surface area contributed by atoms with E-state index in [0.717, 1.165) is 30.0 Å². The van der Waals surface area contributed by atoms with Crippen molar-refractivity contribution >= 4 is 17.3 Å². The summed E-state index contributed by atoms with van der Waals surface area (Å²) >= 11 is 1.72. The molecule has 0 amide bonds. The van der Waals surface area contributed by atoms with Crippen LogP contribution in [0.15, 0.2) is 10.4 Å². The van der Waals surface area contributed by atoms with E-state index in [0.29, 0.717) is 6.54 Å². The first kappa shape index (κ1) is 12.4. The molecule has 0 radical (unpaired) electrons. The third-order valence-electron chi connectivity index (χ3n) is 2.63. The Kier molecular flexibility index (Phi) is 4.36. The zero-order valence-electron chi connectivity index (χ0n) is 10.5. The number of hydrogen-bond donors (Lipinski definition) is 2. The lowest BCUT2D eigenvalue weighted by molar-refractivity contribution is 0.836. The fourth-order valence-electron chi connectivity index (χ4n) is 1.62. The van der Waals surface area contributed by atoms with Gasteiger partial charge >= 0.3 is 0 Å². The van der Waals surface area contributed by atoms with Gasteiger partial charge in [-0.15, -0.1) is 11.3 Å². The Balaban J connectivity index is 1.90. The third kappa shape index (κ3) is 3.70. The zero-order chi connectivity index (χ0) is 12.1. The molecule has 1 fully saturated rings. The Bertz CT molecular complexity index is 374. The van der Waals surface area contributed by atoms with Gasteiger partial charge in [-0.2, -0.15) is 0 Å². The first-order chi connectivity index (χ1) is 8.33. The van der Waals surface area contributed by atoms with E-state index in [1.54, 1.807) is 11.3 Å². The molecule has 17 heavy (non-hydrogen) atoms. The highest BCUT2D eigenvalue weighted by Crippen LogP contribution is 2.40. The fraction of sp³-hybridized carbons (Fsp3) is 0.667. The molecular formula is C12H20N4S. The molecule has 1 aromatic rings. The number of hydrogen-bond acceptors (Lipinski definition) is 3. The van der Waals surface area contributed by atoms with E-state index < -0.39 is 0 Å². The molecule has 0 aromatic carbocycles. The number of rotatable bonds is 5. The second-order valence-electron chi connectivity index (χ2n) is 4.17. The Morgan fingerprint density at radius 3 is 2.71 bits per heavy atom. The summed E-state index contributed by atoms with van der Waals surface area (Å²) < 4.78 is 0. The SMILES string of the molecule is CCNC(=NCc1nc(C2CC2)cs1)NCC. The average Bonchev–Trinajstić information content (AvgIpc) is 3.07. The molecule has 0 atom stereocenters. The second-order valence-corrected chi connectivity index (χ2v) is 5.11. The van der Waals surface area contributed by atoms with Crippen molar-refractivity contribution in [3.63, 3.8) is 0 Å². The molecule has 5 heteroatoms. The van der Waals surface area contributed by atoms with E-state index in [2.05, 4.69) is 39.8 Å². The fourth-order valence-corrected chi connectivity index (χ4v) is 2.42. The van der Waals surface area contributed by atoms with E-state index in [-0.39, 0.29) is 0 Å². The van der Waals surface area contributed by atoms with Gasteiger partial charge < -0.3 is 10.6 Å². The van der Waals surface area contributed by atoms with Gasteiger partial charge in [0.15, 0.2) is 5.96 Å². The maximum absolute atomic E-state index is 4.62. The van der Waals surface area contributed by atoms with Gasteiger partial charge in [-0.3, -0.25) is 0 Å². The summed E-state index contributed by atoms with van der Waals surface area (Å²) in [4.78, 5) is 9.13. The van der Waals surface area contributed by atoms with E-state index in [4.69, 9.17) is 0 Å². The molecule has 4 nitrogen and oxygen atoms in total. The number of nitrogens with zero attached hydrogens (tertiary/aromatic N) is 2. The molecule has 0 spiro atoms. The number of guanidine groups is 1. The van der Waals surface area contributed by atoms with E-state index >= 15 is 0 Å². The van der Waals surface area contributed by atoms with Crippen molar-refractivity contribution < 1.29 is 0 Å². The normalized spacial score (nSPS) is 14.5. The maximum Gasteiger partial charge on any atom is 0.191 e. The van der Waals surface area contributed by atoms with Crippen LogP contribution in [0.25, 0.3) is 0 Å².